The molecule has 0 radical (unpaired) electrons. The summed E-state index contributed by atoms with van der Waals surface area (Å²) in [6.45, 7) is 1.91. The quantitative estimate of drug-likeness (QED) is 0.877. The number of pyridine rings is 1. The van der Waals surface area contributed by atoms with E-state index in [1.54, 1.807) is 0 Å². The van der Waals surface area contributed by atoms with Gasteiger partial charge >= 0.3 is 0 Å². The Morgan fingerprint density at radius 2 is 2.16 bits per heavy atom. The number of nitrogens with one attached hydrogen (secondary N) is 1. The Hall–Kier alpha value is -1.59. The van der Waals surface area contributed by atoms with E-state index in [4.69, 9.17) is 17.3 Å². The number of benzene rings is 1. The van der Waals surface area contributed by atoms with Crippen molar-refractivity contribution in [3.05, 3.63) is 51.1 Å². The monoisotopic (exact) mass is 339 g/mol. The predicted molar refractivity (Wildman–Crippen MR) is 80.5 cm³/mol. The van der Waals surface area contributed by atoms with Gasteiger partial charge in [0.2, 0.25) is 0 Å². The molecule has 0 bridgehead atoms. The predicted octanol–water partition coefficient (Wildman–Crippen LogP) is 3.64. The first-order chi connectivity index (χ1) is 8.97. The molecule has 0 saturated heterocycles. The SMILES string of the molecule is Cc1ccc(Br)cc1NC(=O)c1cnc(N)c(Cl)c1. The summed E-state index contributed by atoms with van der Waals surface area (Å²) in [5.41, 5.74) is 7.56. The summed E-state index contributed by atoms with van der Waals surface area (Å²) < 4.78 is 0.891. The molecule has 1 aromatic heterocycles. The Kier molecular flexibility index (Phi) is 4.07. The Bertz CT molecular complexity index is 646. The third kappa shape index (κ3) is 3.24. The van der Waals surface area contributed by atoms with Gasteiger partial charge in [0.1, 0.15) is 5.82 Å². The van der Waals surface area contributed by atoms with E-state index in [0.29, 0.717) is 5.56 Å². The highest BCUT2D eigenvalue weighted by atomic mass is 79.9. The molecule has 0 fully saturated rings. The van der Waals surface area contributed by atoms with Crippen molar-refractivity contribution in [1.29, 1.82) is 0 Å². The van der Waals surface area contributed by atoms with Crippen LogP contribution < -0.4 is 11.1 Å². The van der Waals surface area contributed by atoms with Crippen LogP contribution in [0, 0.1) is 6.92 Å². The smallest absolute Gasteiger partial charge is 0.257 e. The van der Waals surface area contributed by atoms with Crippen LogP contribution in [0.3, 0.4) is 0 Å². The van der Waals surface area contributed by atoms with E-state index in [2.05, 4.69) is 26.2 Å². The van der Waals surface area contributed by atoms with E-state index in [9.17, 15) is 4.79 Å². The van der Waals surface area contributed by atoms with Crippen LogP contribution in [-0.2, 0) is 0 Å². The van der Waals surface area contributed by atoms with Crippen molar-refractivity contribution < 1.29 is 4.79 Å². The summed E-state index contributed by atoms with van der Waals surface area (Å²) in [6, 6.07) is 7.15. The number of nitrogens with two attached hydrogens (primary N) is 1. The van der Waals surface area contributed by atoms with Crippen molar-refractivity contribution in [3.8, 4) is 0 Å². The van der Waals surface area contributed by atoms with E-state index in [1.807, 2.05) is 25.1 Å². The Balaban J connectivity index is 2.25. The lowest BCUT2D eigenvalue weighted by atomic mass is 10.2. The summed E-state index contributed by atoms with van der Waals surface area (Å²) in [5, 5.41) is 3.07. The van der Waals surface area contributed by atoms with Crippen LogP contribution in [0.5, 0.6) is 0 Å². The number of nitrogens with zero attached hydrogens (tertiary/aromatic N) is 1. The van der Waals surface area contributed by atoms with E-state index in [-0.39, 0.29) is 16.7 Å². The topological polar surface area (TPSA) is 68.0 Å². The molecule has 0 saturated carbocycles. The Labute approximate surface area is 124 Å². The fraction of sp³-hybridized carbons (Fsp3) is 0.0769. The molecule has 0 aliphatic carbocycles. The van der Waals surface area contributed by atoms with Gasteiger partial charge in [0.05, 0.1) is 10.6 Å². The minimum atomic E-state index is -0.282. The molecule has 2 rings (SSSR count). The number of aromatic nitrogens is 1. The number of hydrogen-bond donors (Lipinski definition) is 2. The van der Waals surface area contributed by atoms with Gasteiger partial charge in [-0.1, -0.05) is 33.6 Å². The molecular formula is C13H11BrClN3O. The fourth-order valence-corrected chi connectivity index (χ4v) is 2.02. The minimum Gasteiger partial charge on any atom is -0.382 e. The second-order valence-corrected chi connectivity index (χ2v) is 5.33. The van der Waals surface area contributed by atoms with Crippen LogP contribution in [0.1, 0.15) is 15.9 Å². The summed E-state index contributed by atoms with van der Waals surface area (Å²) in [6.07, 6.45) is 1.39. The third-order valence-corrected chi connectivity index (χ3v) is 3.38. The van der Waals surface area contributed by atoms with Crippen molar-refractivity contribution in [1.82, 2.24) is 4.98 Å². The maximum Gasteiger partial charge on any atom is 0.257 e. The van der Waals surface area contributed by atoms with E-state index >= 15 is 0 Å². The van der Waals surface area contributed by atoms with Crippen LogP contribution in [0.25, 0.3) is 0 Å². The summed E-state index contributed by atoms with van der Waals surface area (Å²) in [4.78, 5) is 15.9. The van der Waals surface area contributed by atoms with Crippen molar-refractivity contribution in [2.45, 2.75) is 6.92 Å². The normalized spacial score (nSPS) is 10.3. The van der Waals surface area contributed by atoms with Gasteiger partial charge in [-0.2, -0.15) is 0 Å². The Morgan fingerprint density at radius 1 is 1.42 bits per heavy atom. The number of amides is 1. The maximum absolute atomic E-state index is 12.1. The van der Waals surface area contributed by atoms with Crippen LogP contribution in [-0.4, -0.2) is 10.9 Å². The highest BCUT2D eigenvalue weighted by molar-refractivity contribution is 9.10. The fourth-order valence-electron chi connectivity index (χ4n) is 1.50. The van der Waals surface area contributed by atoms with Crippen LogP contribution in [0.2, 0.25) is 5.02 Å². The van der Waals surface area contributed by atoms with E-state index in [1.165, 1.54) is 12.3 Å². The second-order valence-electron chi connectivity index (χ2n) is 4.00. The van der Waals surface area contributed by atoms with Gasteiger partial charge in [-0.25, -0.2) is 4.98 Å². The molecule has 6 heteroatoms. The molecule has 0 aliphatic rings. The van der Waals surface area contributed by atoms with Crippen LogP contribution in [0.15, 0.2) is 34.9 Å². The van der Waals surface area contributed by atoms with Gasteiger partial charge in [0, 0.05) is 16.4 Å². The standard InChI is InChI=1S/C13H11BrClN3O/c1-7-2-3-9(14)5-11(7)18-13(19)8-4-10(15)12(16)17-6-8/h2-6H,1H3,(H2,16,17)(H,18,19). The third-order valence-electron chi connectivity index (χ3n) is 2.58. The van der Waals surface area contributed by atoms with Gasteiger partial charge in [-0.3, -0.25) is 4.79 Å². The molecule has 1 heterocycles. The van der Waals surface area contributed by atoms with E-state index in [0.717, 1.165) is 15.7 Å². The molecule has 1 aromatic carbocycles. The van der Waals surface area contributed by atoms with Crippen molar-refractivity contribution in [3.63, 3.8) is 0 Å². The van der Waals surface area contributed by atoms with Crippen LogP contribution >= 0.6 is 27.5 Å². The Morgan fingerprint density at radius 3 is 2.84 bits per heavy atom. The van der Waals surface area contributed by atoms with E-state index < -0.39 is 0 Å². The lowest BCUT2D eigenvalue weighted by molar-refractivity contribution is 0.102. The molecular weight excluding hydrogens is 330 g/mol. The zero-order valence-corrected chi connectivity index (χ0v) is 12.4. The highest BCUT2D eigenvalue weighted by Gasteiger charge is 2.10. The number of anilines is 2. The average Bonchev–Trinajstić information content (AvgIpc) is 2.37. The zero-order valence-electron chi connectivity index (χ0n) is 10.1. The molecule has 4 nitrogen and oxygen atoms in total. The molecule has 3 N–H and O–H groups in total. The number of rotatable bonds is 2. The van der Waals surface area contributed by atoms with Gasteiger partial charge in [0.15, 0.2) is 0 Å². The van der Waals surface area contributed by atoms with Crippen molar-refractivity contribution in [2.24, 2.45) is 0 Å². The number of halogens is 2. The first-order valence-electron chi connectivity index (χ1n) is 5.46. The minimum absolute atomic E-state index is 0.205. The highest BCUT2D eigenvalue weighted by Crippen LogP contribution is 2.22. The number of hydrogen-bond acceptors (Lipinski definition) is 3. The maximum atomic E-state index is 12.1. The molecule has 0 spiro atoms. The summed E-state index contributed by atoms with van der Waals surface area (Å²) >= 11 is 9.20. The number of aryl methyl sites for hydroxylation is 1. The zero-order chi connectivity index (χ0) is 14.0. The number of carbonyl (C=O) groups is 1. The molecule has 19 heavy (non-hydrogen) atoms. The lowest BCUT2D eigenvalue weighted by Crippen LogP contribution is -2.13. The average molecular weight is 341 g/mol. The molecule has 0 aliphatic heterocycles. The molecule has 0 unspecified atom stereocenters. The number of carbonyl (C=O) groups excluding carboxylic acids is 1. The second kappa shape index (κ2) is 5.59. The summed E-state index contributed by atoms with van der Waals surface area (Å²) in [7, 11) is 0. The lowest BCUT2D eigenvalue weighted by Gasteiger charge is -2.09. The van der Waals surface area contributed by atoms with Gasteiger partial charge in [-0.05, 0) is 30.7 Å². The molecule has 98 valence electrons. The molecule has 1 amide bonds. The first kappa shape index (κ1) is 13.8. The molecule has 0 atom stereocenters. The van der Waals surface area contributed by atoms with Crippen molar-refractivity contribution >= 4 is 44.9 Å². The molecule has 2 aromatic rings. The number of nitrogen functional groups attached to an aromatic ring is 1. The van der Waals surface area contributed by atoms with Gasteiger partial charge < -0.3 is 11.1 Å². The summed E-state index contributed by atoms with van der Waals surface area (Å²) in [5.74, 6) is -0.0764. The largest absolute Gasteiger partial charge is 0.382 e. The first-order valence-corrected chi connectivity index (χ1v) is 6.63. The van der Waals surface area contributed by atoms with Gasteiger partial charge in [0.25, 0.3) is 5.91 Å². The van der Waals surface area contributed by atoms with Crippen LogP contribution in [0.4, 0.5) is 11.5 Å². The van der Waals surface area contributed by atoms with Crippen molar-refractivity contribution in [2.75, 3.05) is 11.1 Å². The van der Waals surface area contributed by atoms with Gasteiger partial charge in [-0.15, -0.1) is 0 Å².